The zero-order chi connectivity index (χ0) is 21.8. The Labute approximate surface area is 170 Å². The first-order valence-corrected chi connectivity index (χ1v) is 10.3. The van der Waals surface area contributed by atoms with Crippen LogP contribution in [-0.4, -0.2) is 89.1 Å². The lowest BCUT2D eigenvalue weighted by molar-refractivity contribution is -0.205. The number of thioether (sulfide) groups is 1. The lowest BCUT2D eigenvalue weighted by atomic mass is 10.0. The normalized spacial score (nSPS) is 28.1. The monoisotopic (exact) mass is 455 g/mol. The van der Waals surface area contributed by atoms with Crippen molar-refractivity contribution < 1.29 is 51.9 Å². The molecule has 0 spiro atoms. The highest BCUT2D eigenvalue weighted by Gasteiger charge is 2.44. The minimum absolute atomic E-state index is 0.187. The maximum atomic E-state index is 10.9. The van der Waals surface area contributed by atoms with Gasteiger partial charge in [-0.3, -0.25) is 4.55 Å². The summed E-state index contributed by atoms with van der Waals surface area (Å²) in [6, 6.07) is 4.37. The number of nitrogens with zero attached hydrogens (tertiary/aromatic N) is 1. The van der Waals surface area contributed by atoms with Gasteiger partial charge in [0, 0.05) is 5.56 Å². The first kappa shape index (κ1) is 23.6. The molecule has 29 heavy (non-hydrogen) atoms. The van der Waals surface area contributed by atoms with Gasteiger partial charge >= 0.3 is 10.4 Å². The largest absolute Gasteiger partial charge is 0.493 e. The number of hydrogen-bond acceptors (Lipinski definition) is 12. The van der Waals surface area contributed by atoms with Crippen molar-refractivity contribution in [2.75, 3.05) is 20.8 Å². The van der Waals surface area contributed by atoms with Gasteiger partial charge in [0.05, 0.1) is 20.8 Å². The van der Waals surface area contributed by atoms with E-state index in [0.717, 1.165) is 0 Å². The SMILES string of the molecule is COc1ccc(/C(=N/OS(=O)(=O)O)S[C@@H]2O[C@H](CO)[C@@H](O)[C@H](O)[C@H]2O)cc1OC. The van der Waals surface area contributed by atoms with Crippen molar-refractivity contribution in [1.29, 1.82) is 0 Å². The average molecular weight is 455 g/mol. The highest BCUT2D eigenvalue weighted by molar-refractivity contribution is 8.14. The van der Waals surface area contributed by atoms with Crippen LogP contribution in [0.3, 0.4) is 0 Å². The summed E-state index contributed by atoms with van der Waals surface area (Å²) in [5, 5.41) is 42.4. The molecule has 2 rings (SSSR count). The third kappa shape index (κ3) is 5.93. The Balaban J connectivity index is 2.39. The second kappa shape index (κ2) is 9.90. The standard InChI is InChI=1S/C15H21NO11S2/c1-24-8-4-3-7(5-9(8)25-2)14(16-27-29(21,22)23)28-15-13(20)12(19)11(18)10(6-17)26-15/h3-5,10-13,15,17-20H,6H2,1-2H3,(H,21,22,23)/b16-14-/t10-,11-,12+,13-,15+/m1/s1. The Morgan fingerprint density at radius 3 is 2.34 bits per heavy atom. The molecule has 12 nitrogen and oxygen atoms in total. The number of methoxy groups -OCH3 is 2. The second-order valence-corrected chi connectivity index (χ2v) is 7.88. The highest BCUT2D eigenvalue weighted by atomic mass is 32.3. The Morgan fingerprint density at radius 2 is 1.79 bits per heavy atom. The summed E-state index contributed by atoms with van der Waals surface area (Å²) in [5.74, 6) is 0.628. The smallest absolute Gasteiger partial charge is 0.466 e. The molecule has 5 N–H and O–H groups in total. The Bertz CT molecular complexity index is 830. The van der Waals surface area contributed by atoms with Crippen molar-refractivity contribution in [2.24, 2.45) is 5.16 Å². The molecule has 0 unspecified atom stereocenters. The number of oxime groups is 1. The molecule has 1 aliphatic heterocycles. The van der Waals surface area contributed by atoms with Crippen LogP contribution in [-0.2, 0) is 19.4 Å². The summed E-state index contributed by atoms with van der Waals surface area (Å²) in [5.41, 5.74) is -1.05. The zero-order valence-electron chi connectivity index (χ0n) is 15.3. The predicted molar refractivity (Wildman–Crippen MR) is 100 cm³/mol. The first-order chi connectivity index (χ1) is 13.6. The van der Waals surface area contributed by atoms with Crippen molar-refractivity contribution in [2.45, 2.75) is 29.9 Å². The maximum absolute atomic E-state index is 10.9. The van der Waals surface area contributed by atoms with Crippen LogP contribution < -0.4 is 9.47 Å². The average Bonchev–Trinajstić information content (AvgIpc) is 2.69. The molecule has 0 aliphatic carbocycles. The molecule has 164 valence electrons. The quantitative estimate of drug-likeness (QED) is 0.142. The van der Waals surface area contributed by atoms with Gasteiger partial charge in [-0.05, 0) is 18.2 Å². The second-order valence-electron chi connectivity index (χ2n) is 5.78. The zero-order valence-corrected chi connectivity index (χ0v) is 16.9. The van der Waals surface area contributed by atoms with E-state index in [9.17, 15) is 28.8 Å². The Kier molecular flexibility index (Phi) is 8.07. The topological polar surface area (TPSA) is 185 Å². The highest BCUT2D eigenvalue weighted by Crippen LogP contribution is 2.34. The number of benzene rings is 1. The fraction of sp³-hybridized carbons (Fsp3) is 0.533. The van der Waals surface area contributed by atoms with E-state index < -0.39 is 46.9 Å². The van der Waals surface area contributed by atoms with Crippen molar-refractivity contribution in [3.63, 3.8) is 0 Å². The molecule has 1 fully saturated rings. The van der Waals surface area contributed by atoms with Crippen LogP contribution >= 0.6 is 11.8 Å². The van der Waals surface area contributed by atoms with Gasteiger partial charge in [0.1, 0.15) is 34.9 Å². The molecule has 0 saturated carbocycles. The molecular formula is C15H21NO11S2. The van der Waals surface area contributed by atoms with Crippen LogP contribution in [0, 0.1) is 0 Å². The van der Waals surface area contributed by atoms with Crippen LogP contribution in [0.15, 0.2) is 23.4 Å². The summed E-state index contributed by atoms with van der Waals surface area (Å²) in [7, 11) is -2.15. The molecule has 1 saturated heterocycles. The lowest BCUT2D eigenvalue weighted by Crippen LogP contribution is -2.57. The van der Waals surface area contributed by atoms with E-state index in [2.05, 4.69) is 9.44 Å². The fourth-order valence-electron chi connectivity index (χ4n) is 2.47. The summed E-state index contributed by atoms with van der Waals surface area (Å²) >= 11 is 0.624. The number of aliphatic hydroxyl groups excluding tert-OH is 4. The van der Waals surface area contributed by atoms with Crippen molar-refractivity contribution in [3.05, 3.63) is 23.8 Å². The van der Waals surface area contributed by atoms with E-state index in [4.69, 9.17) is 18.8 Å². The van der Waals surface area contributed by atoms with E-state index in [1.54, 1.807) is 0 Å². The molecule has 0 aromatic heterocycles. The van der Waals surface area contributed by atoms with Crippen molar-refractivity contribution in [3.8, 4) is 11.5 Å². The molecular weight excluding hydrogens is 434 g/mol. The fourth-order valence-corrected chi connectivity index (χ4v) is 3.75. The Hall–Kier alpha value is -1.65. The van der Waals surface area contributed by atoms with Gasteiger partial charge < -0.3 is 34.6 Å². The molecule has 1 heterocycles. The van der Waals surface area contributed by atoms with E-state index >= 15 is 0 Å². The number of hydrogen-bond donors (Lipinski definition) is 5. The van der Waals surface area contributed by atoms with Crippen LogP contribution in [0.2, 0.25) is 0 Å². The first-order valence-electron chi connectivity index (χ1n) is 8.05. The minimum Gasteiger partial charge on any atom is -0.493 e. The van der Waals surface area contributed by atoms with Crippen LogP contribution in [0.4, 0.5) is 0 Å². The van der Waals surface area contributed by atoms with Crippen LogP contribution in [0.1, 0.15) is 5.56 Å². The van der Waals surface area contributed by atoms with E-state index in [1.807, 2.05) is 0 Å². The molecule has 0 amide bonds. The molecule has 5 atom stereocenters. The van der Waals surface area contributed by atoms with Gasteiger partial charge in [-0.1, -0.05) is 16.9 Å². The number of rotatable bonds is 7. The molecule has 0 radical (unpaired) electrons. The van der Waals surface area contributed by atoms with E-state index in [1.165, 1.54) is 32.4 Å². The summed E-state index contributed by atoms with van der Waals surface area (Å²) in [6.07, 6.45) is -6.01. The van der Waals surface area contributed by atoms with Gasteiger partial charge in [0.15, 0.2) is 11.5 Å². The van der Waals surface area contributed by atoms with Crippen LogP contribution in [0.25, 0.3) is 0 Å². The Morgan fingerprint density at radius 1 is 1.14 bits per heavy atom. The van der Waals surface area contributed by atoms with Gasteiger partial charge in [-0.25, -0.2) is 4.28 Å². The van der Waals surface area contributed by atoms with E-state index in [-0.39, 0.29) is 16.4 Å². The molecule has 1 aromatic carbocycles. The summed E-state index contributed by atoms with van der Waals surface area (Å²) < 4.78 is 50.4. The molecule has 14 heteroatoms. The predicted octanol–water partition coefficient (Wildman–Crippen LogP) is -1.28. The molecule has 0 bridgehead atoms. The van der Waals surface area contributed by atoms with E-state index in [0.29, 0.717) is 17.5 Å². The third-order valence-electron chi connectivity index (χ3n) is 3.92. The van der Waals surface area contributed by atoms with Crippen LogP contribution in [0.5, 0.6) is 11.5 Å². The van der Waals surface area contributed by atoms with Crippen molar-refractivity contribution >= 4 is 27.2 Å². The molecule has 1 aliphatic rings. The summed E-state index contributed by atoms with van der Waals surface area (Å²) in [4.78, 5) is 0. The van der Waals surface area contributed by atoms with Crippen molar-refractivity contribution in [1.82, 2.24) is 0 Å². The molecule has 1 aromatic rings. The summed E-state index contributed by atoms with van der Waals surface area (Å²) in [6.45, 7) is -0.646. The lowest BCUT2D eigenvalue weighted by Gasteiger charge is -2.39. The van der Waals surface area contributed by atoms with Gasteiger partial charge in [0.2, 0.25) is 0 Å². The third-order valence-corrected chi connectivity index (χ3v) is 5.34. The minimum atomic E-state index is -4.93. The van der Waals surface area contributed by atoms with Gasteiger partial charge in [-0.15, -0.1) is 0 Å². The number of aliphatic hydroxyl groups is 4. The maximum Gasteiger partial charge on any atom is 0.466 e. The van der Waals surface area contributed by atoms with Gasteiger partial charge in [-0.2, -0.15) is 8.42 Å². The number of ether oxygens (including phenoxy) is 3. The van der Waals surface area contributed by atoms with Gasteiger partial charge in [0.25, 0.3) is 0 Å².